The van der Waals surface area contributed by atoms with E-state index in [4.69, 9.17) is 9.47 Å². The highest BCUT2D eigenvalue weighted by Crippen LogP contribution is 2.03. The van der Waals surface area contributed by atoms with Crippen LogP contribution >= 0.6 is 0 Å². The molecule has 0 fully saturated rings. The highest BCUT2D eigenvalue weighted by atomic mass is 16.6. The van der Waals surface area contributed by atoms with Crippen molar-refractivity contribution in [2.75, 3.05) is 13.2 Å². The Hall–Kier alpha value is -1.26. The van der Waals surface area contributed by atoms with Gasteiger partial charge in [-0.15, -0.1) is 0 Å². The number of hydrogen-bond donors (Lipinski definition) is 1. The molecule has 5 heteroatoms. The second-order valence-corrected chi connectivity index (χ2v) is 5.06. The average molecular weight is 273 g/mol. The largest absolute Gasteiger partial charge is 0.464 e. The van der Waals surface area contributed by atoms with Gasteiger partial charge in [0.05, 0.1) is 13.2 Å². The third kappa shape index (κ3) is 10.4. The van der Waals surface area contributed by atoms with Gasteiger partial charge in [-0.25, -0.2) is 9.59 Å². The molecule has 1 amide bonds. The molecule has 5 nitrogen and oxygen atoms in total. The lowest BCUT2D eigenvalue weighted by Crippen LogP contribution is -2.40. The Labute approximate surface area is 116 Å². The summed E-state index contributed by atoms with van der Waals surface area (Å²) in [6.07, 6.45) is 3.08. The summed E-state index contributed by atoms with van der Waals surface area (Å²) in [5, 5.41) is 2.45. The fourth-order valence-corrected chi connectivity index (χ4v) is 1.38. The van der Waals surface area contributed by atoms with Gasteiger partial charge >= 0.3 is 12.1 Å². The summed E-state index contributed by atoms with van der Waals surface area (Å²) in [6.45, 7) is 8.62. The molecule has 0 bridgehead atoms. The molecule has 0 heterocycles. The molecule has 0 aromatic rings. The first-order valence-electron chi connectivity index (χ1n) is 7.07. The molecule has 0 aliphatic heterocycles. The molecule has 1 N–H and O–H groups in total. The maximum atomic E-state index is 11.6. The smallest absolute Gasteiger partial charge is 0.407 e. The van der Waals surface area contributed by atoms with Crippen LogP contribution in [0, 0.1) is 5.92 Å². The van der Waals surface area contributed by atoms with Crippen LogP contribution in [0.3, 0.4) is 0 Å². The van der Waals surface area contributed by atoms with Crippen molar-refractivity contribution in [1.82, 2.24) is 5.32 Å². The first-order chi connectivity index (χ1) is 8.97. The van der Waals surface area contributed by atoms with Gasteiger partial charge in [-0.05, 0) is 32.1 Å². The van der Waals surface area contributed by atoms with Crippen LogP contribution < -0.4 is 5.32 Å². The van der Waals surface area contributed by atoms with E-state index in [9.17, 15) is 9.59 Å². The molecular formula is C14H27NO4. The summed E-state index contributed by atoms with van der Waals surface area (Å²) in [7, 11) is 0. The summed E-state index contributed by atoms with van der Waals surface area (Å²) in [5.74, 6) is 0.180. The Balaban J connectivity index is 3.71. The molecule has 0 radical (unpaired) electrons. The van der Waals surface area contributed by atoms with E-state index in [1.54, 1.807) is 6.92 Å². The van der Waals surface area contributed by atoms with E-state index in [-0.39, 0.29) is 0 Å². The van der Waals surface area contributed by atoms with Crippen molar-refractivity contribution in [2.24, 2.45) is 5.92 Å². The predicted molar refractivity (Wildman–Crippen MR) is 73.9 cm³/mol. The molecular weight excluding hydrogens is 246 g/mol. The molecule has 0 aliphatic carbocycles. The van der Waals surface area contributed by atoms with Crippen LogP contribution in [0.1, 0.15) is 53.4 Å². The van der Waals surface area contributed by atoms with E-state index in [1.807, 2.05) is 6.92 Å². The van der Waals surface area contributed by atoms with Gasteiger partial charge in [0.1, 0.15) is 6.04 Å². The van der Waals surface area contributed by atoms with Gasteiger partial charge < -0.3 is 14.8 Å². The number of unbranched alkanes of at least 4 members (excludes halogenated alkanes) is 1. The van der Waals surface area contributed by atoms with Crippen LogP contribution in [-0.2, 0) is 14.3 Å². The Bertz CT molecular complexity index is 266. The summed E-state index contributed by atoms with van der Waals surface area (Å²) in [6, 6.07) is -0.673. The zero-order valence-electron chi connectivity index (χ0n) is 12.5. The van der Waals surface area contributed by atoms with Crippen LogP contribution in [0.5, 0.6) is 0 Å². The number of esters is 1. The second-order valence-electron chi connectivity index (χ2n) is 5.06. The van der Waals surface area contributed by atoms with Crippen LogP contribution in [0.15, 0.2) is 0 Å². The molecule has 0 aliphatic rings. The van der Waals surface area contributed by atoms with Gasteiger partial charge in [0.25, 0.3) is 0 Å². The molecule has 0 saturated heterocycles. The highest BCUT2D eigenvalue weighted by molar-refractivity contribution is 5.80. The summed E-state index contributed by atoms with van der Waals surface area (Å²) in [5.41, 5.74) is 0. The fourth-order valence-electron chi connectivity index (χ4n) is 1.38. The Morgan fingerprint density at radius 3 is 2.26 bits per heavy atom. The van der Waals surface area contributed by atoms with E-state index in [2.05, 4.69) is 19.2 Å². The van der Waals surface area contributed by atoms with E-state index >= 15 is 0 Å². The number of hydrogen-bond acceptors (Lipinski definition) is 4. The zero-order chi connectivity index (χ0) is 14.7. The van der Waals surface area contributed by atoms with E-state index in [1.165, 1.54) is 0 Å². The highest BCUT2D eigenvalue weighted by Gasteiger charge is 2.17. The van der Waals surface area contributed by atoms with Gasteiger partial charge in [-0.3, -0.25) is 0 Å². The van der Waals surface area contributed by atoms with Gasteiger partial charge in [0, 0.05) is 0 Å². The molecule has 0 spiro atoms. The quantitative estimate of drug-likeness (QED) is 0.518. The number of amides is 1. The van der Waals surface area contributed by atoms with Crippen molar-refractivity contribution >= 4 is 12.1 Å². The van der Waals surface area contributed by atoms with Gasteiger partial charge in [0.2, 0.25) is 0 Å². The minimum absolute atomic E-state index is 0.374. The molecule has 0 aromatic carbocycles. The molecule has 1 atom stereocenters. The lowest BCUT2D eigenvalue weighted by Gasteiger charge is -2.13. The molecule has 112 valence electrons. The monoisotopic (exact) mass is 273 g/mol. The first kappa shape index (κ1) is 17.7. The number of carbonyl (C=O) groups excluding carboxylic acids is 2. The minimum Gasteiger partial charge on any atom is -0.464 e. The van der Waals surface area contributed by atoms with Crippen LogP contribution in [0.4, 0.5) is 4.79 Å². The van der Waals surface area contributed by atoms with E-state index in [0.29, 0.717) is 19.1 Å². The summed E-state index contributed by atoms with van der Waals surface area (Å²) < 4.78 is 9.97. The van der Waals surface area contributed by atoms with E-state index < -0.39 is 18.1 Å². The molecule has 0 saturated carbocycles. The lowest BCUT2D eigenvalue weighted by atomic mass is 10.1. The number of alkyl carbamates (subject to hydrolysis) is 1. The number of carbonyl (C=O) groups is 2. The average Bonchev–Trinajstić information content (AvgIpc) is 2.34. The Kier molecular flexibility index (Phi) is 9.94. The number of nitrogens with one attached hydrogen (secondary N) is 1. The standard InChI is InChI=1S/C14H27NO4/c1-5-6-9-19-14(17)15-12(4)13(16)18-10-7-8-11(2)3/h11-12H,5-10H2,1-4H3,(H,15,17). The molecule has 19 heavy (non-hydrogen) atoms. The fraction of sp³-hybridized carbons (Fsp3) is 0.857. The van der Waals surface area contributed by atoms with Crippen LogP contribution in [0.25, 0.3) is 0 Å². The Morgan fingerprint density at radius 1 is 1.05 bits per heavy atom. The van der Waals surface area contributed by atoms with E-state index in [0.717, 1.165) is 25.7 Å². The summed E-state index contributed by atoms with van der Waals surface area (Å²) in [4.78, 5) is 22.9. The molecule has 0 aromatic heterocycles. The van der Waals surface area contributed by atoms with Crippen LogP contribution in [0.2, 0.25) is 0 Å². The van der Waals surface area contributed by atoms with Crippen molar-refractivity contribution in [3.8, 4) is 0 Å². The lowest BCUT2D eigenvalue weighted by molar-refractivity contribution is -0.145. The normalized spacial score (nSPS) is 12.1. The third-order valence-corrected chi connectivity index (χ3v) is 2.59. The second kappa shape index (κ2) is 10.6. The zero-order valence-corrected chi connectivity index (χ0v) is 12.5. The van der Waals surface area contributed by atoms with Crippen LogP contribution in [-0.4, -0.2) is 31.3 Å². The van der Waals surface area contributed by atoms with Crippen molar-refractivity contribution in [3.63, 3.8) is 0 Å². The van der Waals surface area contributed by atoms with Gasteiger partial charge in [-0.2, -0.15) is 0 Å². The topological polar surface area (TPSA) is 64.6 Å². The summed E-state index contributed by atoms with van der Waals surface area (Å²) >= 11 is 0. The maximum Gasteiger partial charge on any atom is 0.407 e. The van der Waals surface area contributed by atoms with Crippen molar-refractivity contribution in [3.05, 3.63) is 0 Å². The number of ether oxygens (including phenoxy) is 2. The third-order valence-electron chi connectivity index (χ3n) is 2.59. The molecule has 1 unspecified atom stereocenters. The first-order valence-corrected chi connectivity index (χ1v) is 7.07. The van der Waals surface area contributed by atoms with Gasteiger partial charge in [0.15, 0.2) is 0 Å². The van der Waals surface area contributed by atoms with Crippen molar-refractivity contribution in [1.29, 1.82) is 0 Å². The van der Waals surface area contributed by atoms with Crippen molar-refractivity contribution in [2.45, 2.75) is 59.4 Å². The minimum atomic E-state index is -0.673. The van der Waals surface area contributed by atoms with Gasteiger partial charge in [-0.1, -0.05) is 27.2 Å². The Morgan fingerprint density at radius 2 is 1.68 bits per heavy atom. The number of rotatable bonds is 9. The molecule has 0 rings (SSSR count). The van der Waals surface area contributed by atoms with Crippen molar-refractivity contribution < 1.29 is 19.1 Å². The maximum absolute atomic E-state index is 11.6. The SMILES string of the molecule is CCCCOC(=O)NC(C)C(=O)OCCCC(C)C. The predicted octanol–water partition coefficient (Wildman–Crippen LogP) is 2.88.